The van der Waals surface area contributed by atoms with Crippen LogP contribution in [0.5, 0.6) is 5.75 Å². The number of nitrogen functional groups attached to an aromatic ring is 1. The molecule has 1 saturated heterocycles. The summed E-state index contributed by atoms with van der Waals surface area (Å²) in [7, 11) is 0. The first kappa shape index (κ1) is 21.5. The van der Waals surface area contributed by atoms with E-state index in [2.05, 4.69) is 33.6 Å². The van der Waals surface area contributed by atoms with Crippen LogP contribution >= 0.6 is 0 Å². The van der Waals surface area contributed by atoms with Crippen molar-refractivity contribution in [3.05, 3.63) is 41.9 Å². The van der Waals surface area contributed by atoms with Gasteiger partial charge in [-0.05, 0) is 51.8 Å². The second kappa shape index (κ2) is 8.80. The van der Waals surface area contributed by atoms with E-state index in [0.717, 1.165) is 50.6 Å². The van der Waals surface area contributed by atoms with Crippen LogP contribution in [0.25, 0.3) is 0 Å². The van der Waals surface area contributed by atoms with Crippen molar-refractivity contribution in [3.8, 4) is 5.75 Å². The Labute approximate surface area is 183 Å². The molecule has 2 heterocycles. The van der Waals surface area contributed by atoms with E-state index < -0.39 is 0 Å². The van der Waals surface area contributed by atoms with Crippen LogP contribution in [-0.4, -0.2) is 65.2 Å². The summed E-state index contributed by atoms with van der Waals surface area (Å²) in [6.07, 6.45) is 3.75. The summed E-state index contributed by atoms with van der Waals surface area (Å²) in [5.74, 6) is 1.57. The molecule has 1 unspecified atom stereocenters. The van der Waals surface area contributed by atoms with Gasteiger partial charge >= 0.3 is 0 Å². The predicted octanol–water partition coefficient (Wildman–Crippen LogP) is 2.91. The lowest BCUT2D eigenvalue weighted by atomic mass is 10.0. The highest BCUT2D eigenvalue weighted by Gasteiger charge is 2.40. The monoisotopic (exact) mass is 424 g/mol. The lowest BCUT2D eigenvalue weighted by molar-refractivity contribution is -0.0441. The van der Waals surface area contributed by atoms with E-state index >= 15 is 0 Å². The summed E-state index contributed by atoms with van der Waals surface area (Å²) >= 11 is 0. The van der Waals surface area contributed by atoms with Gasteiger partial charge in [-0.2, -0.15) is 0 Å². The summed E-state index contributed by atoms with van der Waals surface area (Å²) in [5.41, 5.74) is 8.10. The molecule has 0 spiro atoms. The van der Waals surface area contributed by atoms with Crippen LogP contribution in [0.3, 0.4) is 0 Å². The standard InChI is InChI=1S/C23H32N6O2/c1-4-30-16(2)28-9-11-29(12-10-28)21-14-20(26-15-27-21)22(25)18-13-17(5-6-19(18)24)31-23(3)7-8-23/h5-6,13-16,25H,4,7-12,24H2,1-3H3. The van der Waals surface area contributed by atoms with Crippen molar-refractivity contribution < 1.29 is 9.47 Å². The highest BCUT2D eigenvalue weighted by molar-refractivity contribution is 6.13. The Balaban J connectivity index is 1.47. The SMILES string of the molecule is CCOC(C)N1CCN(c2cc(C(=N)c3cc(OC4(C)CC4)ccc3N)ncn2)CC1. The van der Waals surface area contributed by atoms with Crippen LogP contribution in [0.2, 0.25) is 0 Å². The smallest absolute Gasteiger partial charge is 0.132 e. The number of benzene rings is 1. The molecule has 31 heavy (non-hydrogen) atoms. The summed E-state index contributed by atoms with van der Waals surface area (Å²) in [5, 5.41) is 8.73. The first-order valence-electron chi connectivity index (χ1n) is 11.0. The number of anilines is 2. The fourth-order valence-corrected chi connectivity index (χ4v) is 3.83. The fraction of sp³-hybridized carbons (Fsp3) is 0.522. The summed E-state index contributed by atoms with van der Waals surface area (Å²) in [6.45, 7) is 10.4. The maximum atomic E-state index is 8.73. The molecule has 1 aliphatic heterocycles. The van der Waals surface area contributed by atoms with Crippen LogP contribution in [0.15, 0.2) is 30.6 Å². The first-order valence-corrected chi connectivity index (χ1v) is 11.0. The summed E-state index contributed by atoms with van der Waals surface area (Å²) in [4.78, 5) is 13.4. The van der Waals surface area contributed by atoms with Crippen molar-refractivity contribution in [1.82, 2.24) is 14.9 Å². The minimum absolute atomic E-state index is 0.0839. The van der Waals surface area contributed by atoms with Crippen LogP contribution in [0.1, 0.15) is 44.9 Å². The number of piperazine rings is 1. The second-order valence-corrected chi connectivity index (χ2v) is 8.52. The minimum Gasteiger partial charge on any atom is -0.488 e. The highest BCUT2D eigenvalue weighted by Crippen LogP contribution is 2.40. The van der Waals surface area contributed by atoms with Gasteiger partial charge in [-0.15, -0.1) is 0 Å². The Bertz CT molecular complexity index is 937. The molecule has 0 radical (unpaired) electrons. The first-order chi connectivity index (χ1) is 14.9. The van der Waals surface area contributed by atoms with Crippen molar-refractivity contribution in [1.29, 1.82) is 5.41 Å². The number of ether oxygens (including phenoxy) is 2. The predicted molar refractivity (Wildman–Crippen MR) is 122 cm³/mol. The number of nitrogens with two attached hydrogens (primary N) is 1. The zero-order chi connectivity index (χ0) is 22.0. The molecule has 1 saturated carbocycles. The Morgan fingerprint density at radius 2 is 1.94 bits per heavy atom. The zero-order valence-electron chi connectivity index (χ0n) is 18.6. The van der Waals surface area contributed by atoms with Crippen molar-refractivity contribution in [3.63, 3.8) is 0 Å². The topological polar surface area (TPSA) is 101 Å². The van der Waals surface area contributed by atoms with Crippen LogP contribution < -0.4 is 15.4 Å². The van der Waals surface area contributed by atoms with Gasteiger partial charge < -0.3 is 20.1 Å². The average Bonchev–Trinajstić information content (AvgIpc) is 3.51. The molecular weight excluding hydrogens is 392 g/mol. The molecule has 0 amide bonds. The van der Waals surface area contributed by atoms with Gasteiger partial charge in [0, 0.05) is 50.1 Å². The lowest BCUT2D eigenvalue weighted by Gasteiger charge is -2.38. The van der Waals surface area contributed by atoms with E-state index in [9.17, 15) is 0 Å². The van der Waals surface area contributed by atoms with Crippen molar-refractivity contribution in [2.45, 2.75) is 45.4 Å². The number of hydrogen-bond donors (Lipinski definition) is 2. The van der Waals surface area contributed by atoms with Gasteiger partial charge in [0.25, 0.3) is 0 Å². The second-order valence-electron chi connectivity index (χ2n) is 8.52. The number of hydrogen-bond acceptors (Lipinski definition) is 8. The molecule has 2 aliphatic rings. The molecule has 0 bridgehead atoms. The summed E-state index contributed by atoms with van der Waals surface area (Å²) < 4.78 is 11.8. The molecule has 4 rings (SSSR count). The van der Waals surface area contributed by atoms with E-state index in [4.69, 9.17) is 20.6 Å². The molecule has 2 fully saturated rings. The maximum absolute atomic E-state index is 8.73. The summed E-state index contributed by atoms with van der Waals surface area (Å²) in [6, 6.07) is 7.38. The molecular formula is C23H32N6O2. The van der Waals surface area contributed by atoms with E-state index in [1.165, 1.54) is 6.33 Å². The van der Waals surface area contributed by atoms with E-state index in [0.29, 0.717) is 23.6 Å². The van der Waals surface area contributed by atoms with Gasteiger partial charge in [-0.3, -0.25) is 10.3 Å². The molecule has 1 aliphatic carbocycles. The van der Waals surface area contributed by atoms with Gasteiger partial charge in [0.15, 0.2) is 0 Å². The van der Waals surface area contributed by atoms with Gasteiger partial charge in [-0.1, -0.05) is 0 Å². The Morgan fingerprint density at radius 1 is 1.19 bits per heavy atom. The Kier molecular flexibility index (Phi) is 6.11. The van der Waals surface area contributed by atoms with Crippen molar-refractivity contribution >= 4 is 17.2 Å². The molecule has 166 valence electrons. The molecule has 3 N–H and O–H groups in total. The molecule has 1 atom stereocenters. The molecule has 8 nitrogen and oxygen atoms in total. The molecule has 2 aromatic rings. The van der Waals surface area contributed by atoms with Crippen molar-refractivity contribution in [2.75, 3.05) is 43.4 Å². The van der Waals surface area contributed by atoms with Gasteiger partial charge in [0.05, 0.1) is 11.4 Å². The lowest BCUT2D eigenvalue weighted by Crippen LogP contribution is -2.50. The number of aromatic nitrogens is 2. The van der Waals surface area contributed by atoms with E-state index in [1.54, 1.807) is 6.07 Å². The zero-order valence-corrected chi connectivity index (χ0v) is 18.6. The Morgan fingerprint density at radius 3 is 2.61 bits per heavy atom. The van der Waals surface area contributed by atoms with Crippen LogP contribution in [0, 0.1) is 5.41 Å². The fourth-order valence-electron chi connectivity index (χ4n) is 3.83. The van der Waals surface area contributed by atoms with E-state index in [1.807, 2.05) is 25.1 Å². The number of rotatable bonds is 8. The normalized spacial score (nSPS) is 19.1. The van der Waals surface area contributed by atoms with Gasteiger partial charge in [-0.25, -0.2) is 9.97 Å². The number of nitrogens with one attached hydrogen (secondary N) is 1. The third kappa shape index (κ3) is 4.97. The maximum Gasteiger partial charge on any atom is 0.132 e. The van der Waals surface area contributed by atoms with Crippen LogP contribution in [-0.2, 0) is 4.74 Å². The van der Waals surface area contributed by atoms with E-state index in [-0.39, 0.29) is 17.5 Å². The highest BCUT2D eigenvalue weighted by atomic mass is 16.5. The third-order valence-electron chi connectivity index (χ3n) is 6.08. The number of nitrogens with zero attached hydrogens (tertiary/aromatic N) is 4. The van der Waals surface area contributed by atoms with Gasteiger partial charge in [0.1, 0.15) is 29.7 Å². The molecule has 8 heteroatoms. The van der Waals surface area contributed by atoms with Crippen LogP contribution in [0.4, 0.5) is 11.5 Å². The molecule has 1 aromatic heterocycles. The largest absolute Gasteiger partial charge is 0.488 e. The third-order valence-corrected chi connectivity index (χ3v) is 6.08. The average molecular weight is 425 g/mol. The minimum atomic E-state index is -0.0839. The van der Waals surface area contributed by atoms with Crippen molar-refractivity contribution in [2.24, 2.45) is 0 Å². The molecule has 1 aromatic carbocycles. The Hall–Kier alpha value is -2.71. The quantitative estimate of drug-likeness (QED) is 0.496. The van der Waals surface area contributed by atoms with Gasteiger partial charge in [0.2, 0.25) is 0 Å².